The van der Waals surface area contributed by atoms with E-state index in [9.17, 15) is 0 Å². The minimum absolute atomic E-state index is 0.510. The highest BCUT2D eigenvalue weighted by molar-refractivity contribution is 7.14. The molecule has 0 aliphatic carbocycles. The summed E-state index contributed by atoms with van der Waals surface area (Å²) in [7, 11) is 1.20. The van der Waals surface area contributed by atoms with Gasteiger partial charge >= 0.3 is 15.0 Å². The lowest BCUT2D eigenvalue weighted by Crippen LogP contribution is -2.20. The number of anilines is 2. The Bertz CT molecular complexity index is 1020. The summed E-state index contributed by atoms with van der Waals surface area (Å²) in [5.74, 6) is 0.835. The van der Waals surface area contributed by atoms with Gasteiger partial charge in [-0.2, -0.15) is 0 Å². The largest absolute Gasteiger partial charge is 0.491 e. The molecule has 6 nitrogen and oxygen atoms in total. The van der Waals surface area contributed by atoms with Gasteiger partial charge in [0.05, 0.1) is 23.2 Å². The summed E-state index contributed by atoms with van der Waals surface area (Å²) in [4.78, 5) is 0. The first kappa shape index (κ1) is 27.3. The zero-order valence-corrected chi connectivity index (χ0v) is 22.5. The van der Waals surface area contributed by atoms with Crippen LogP contribution in [0.1, 0.15) is 5.56 Å². The standard InChI is InChI=1S/C27H32B2N2O4S2/c1-3-26(36-19-1)30-13-15-34-28-23-7-5-22(6-8-23)21-32-17-18-33-25-11-9-24(10-12-25)29-35-16-14-31-27-4-2-20-37-27/h1-12,19-20,28-31H,13-18,21H2. The van der Waals surface area contributed by atoms with E-state index in [0.717, 1.165) is 35.3 Å². The van der Waals surface area contributed by atoms with Crippen molar-refractivity contribution in [3.05, 3.63) is 89.1 Å². The molecule has 2 aromatic carbocycles. The van der Waals surface area contributed by atoms with Gasteiger partial charge in [-0.05, 0) is 52.7 Å². The van der Waals surface area contributed by atoms with Gasteiger partial charge in [0, 0.05) is 26.3 Å². The number of nitrogens with one attached hydrogen (secondary N) is 2. The molecule has 37 heavy (non-hydrogen) atoms. The van der Waals surface area contributed by atoms with E-state index in [1.807, 2.05) is 36.4 Å². The third-order valence-electron chi connectivity index (χ3n) is 5.38. The Kier molecular flexibility index (Phi) is 11.9. The van der Waals surface area contributed by atoms with Gasteiger partial charge in [-0.25, -0.2) is 0 Å². The lowest BCUT2D eigenvalue weighted by Gasteiger charge is -2.09. The number of ether oxygens (including phenoxy) is 2. The molecule has 0 saturated heterocycles. The van der Waals surface area contributed by atoms with Gasteiger partial charge in [-0.1, -0.05) is 47.3 Å². The molecule has 0 amide bonds. The molecule has 2 heterocycles. The number of thiophene rings is 2. The normalized spacial score (nSPS) is 10.7. The van der Waals surface area contributed by atoms with Crippen LogP contribution in [0.2, 0.25) is 0 Å². The Labute approximate surface area is 228 Å². The summed E-state index contributed by atoms with van der Waals surface area (Å²) in [5.41, 5.74) is 3.42. The van der Waals surface area contributed by atoms with Crippen molar-refractivity contribution in [1.82, 2.24) is 0 Å². The van der Waals surface area contributed by atoms with E-state index in [0.29, 0.717) is 48.0 Å². The molecule has 0 bridgehead atoms. The fourth-order valence-corrected chi connectivity index (χ4v) is 4.75. The summed E-state index contributed by atoms with van der Waals surface area (Å²) >= 11 is 3.39. The van der Waals surface area contributed by atoms with Crippen molar-refractivity contribution in [3.8, 4) is 5.75 Å². The zero-order chi connectivity index (χ0) is 25.4. The third kappa shape index (κ3) is 10.6. The maximum atomic E-state index is 5.79. The molecule has 0 fully saturated rings. The maximum absolute atomic E-state index is 5.79. The minimum Gasteiger partial charge on any atom is -0.491 e. The van der Waals surface area contributed by atoms with Gasteiger partial charge in [0.2, 0.25) is 0 Å². The number of hydrogen-bond donors (Lipinski definition) is 2. The molecule has 0 aliphatic heterocycles. The Morgan fingerprint density at radius 1 is 0.622 bits per heavy atom. The molecule has 4 rings (SSSR count). The van der Waals surface area contributed by atoms with Crippen LogP contribution >= 0.6 is 22.7 Å². The van der Waals surface area contributed by atoms with Crippen molar-refractivity contribution in [2.45, 2.75) is 6.61 Å². The van der Waals surface area contributed by atoms with Crippen molar-refractivity contribution in [2.24, 2.45) is 0 Å². The average molecular weight is 534 g/mol. The van der Waals surface area contributed by atoms with E-state index in [1.165, 1.54) is 10.0 Å². The summed E-state index contributed by atoms with van der Waals surface area (Å²) in [5, 5.41) is 13.1. The van der Waals surface area contributed by atoms with Gasteiger partial charge in [0.25, 0.3) is 0 Å². The van der Waals surface area contributed by atoms with E-state index >= 15 is 0 Å². The second-order valence-electron chi connectivity index (χ2n) is 8.27. The summed E-state index contributed by atoms with van der Waals surface area (Å²) < 4.78 is 23.0. The highest BCUT2D eigenvalue weighted by atomic mass is 32.1. The molecule has 0 spiro atoms. The highest BCUT2D eigenvalue weighted by Crippen LogP contribution is 2.14. The number of rotatable bonds is 18. The molecular weight excluding hydrogens is 502 g/mol. The lowest BCUT2D eigenvalue weighted by molar-refractivity contribution is 0.0889. The summed E-state index contributed by atoms with van der Waals surface area (Å²) in [6.45, 7) is 4.55. The second-order valence-corrected chi connectivity index (χ2v) is 10.2. The number of hydrogen-bond acceptors (Lipinski definition) is 8. The van der Waals surface area contributed by atoms with Crippen molar-refractivity contribution in [2.75, 3.05) is 50.2 Å². The number of benzene rings is 2. The van der Waals surface area contributed by atoms with Crippen LogP contribution in [-0.2, 0) is 20.7 Å². The zero-order valence-electron chi connectivity index (χ0n) is 20.9. The van der Waals surface area contributed by atoms with Crippen molar-refractivity contribution in [1.29, 1.82) is 0 Å². The average Bonchev–Trinajstić information content (AvgIpc) is 3.65. The van der Waals surface area contributed by atoms with E-state index in [1.54, 1.807) is 22.7 Å². The van der Waals surface area contributed by atoms with Crippen molar-refractivity contribution >= 4 is 58.6 Å². The first-order valence-corrected chi connectivity index (χ1v) is 14.2. The van der Waals surface area contributed by atoms with Crippen LogP contribution in [0.25, 0.3) is 0 Å². The summed E-state index contributed by atoms with van der Waals surface area (Å²) in [6, 6.07) is 24.6. The Balaban J connectivity index is 1.01. The quantitative estimate of drug-likeness (QED) is 0.150. The van der Waals surface area contributed by atoms with Gasteiger partial charge in [0.15, 0.2) is 0 Å². The van der Waals surface area contributed by atoms with Gasteiger partial charge in [-0.3, -0.25) is 0 Å². The van der Waals surface area contributed by atoms with Crippen LogP contribution in [0.3, 0.4) is 0 Å². The van der Waals surface area contributed by atoms with Gasteiger partial charge in [0.1, 0.15) is 12.4 Å². The molecule has 0 saturated carbocycles. The fourth-order valence-electron chi connectivity index (χ4n) is 3.45. The van der Waals surface area contributed by atoms with E-state index in [4.69, 9.17) is 18.8 Å². The first-order chi connectivity index (χ1) is 18.3. The molecule has 2 N–H and O–H groups in total. The van der Waals surface area contributed by atoms with Crippen molar-refractivity contribution < 1.29 is 18.8 Å². The predicted molar refractivity (Wildman–Crippen MR) is 159 cm³/mol. The predicted octanol–water partition coefficient (Wildman–Crippen LogP) is 3.62. The molecule has 0 unspecified atom stereocenters. The van der Waals surface area contributed by atoms with Crippen LogP contribution in [-0.4, -0.2) is 54.5 Å². The molecule has 0 aliphatic rings. The van der Waals surface area contributed by atoms with Crippen molar-refractivity contribution in [3.63, 3.8) is 0 Å². The van der Waals surface area contributed by atoms with Crippen LogP contribution in [0.15, 0.2) is 83.6 Å². The Morgan fingerprint density at radius 2 is 1.19 bits per heavy atom. The Hall–Kier alpha value is -2.75. The monoisotopic (exact) mass is 534 g/mol. The highest BCUT2D eigenvalue weighted by Gasteiger charge is 2.01. The molecular formula is C27H32B2N2O4S2. The van der Waals surface area contributed by atoms with Crippen LogP contribution in [0.5, 0.6) is 5.75 Å². The Morgan fingerprint density at radius 3 is 1.73 bits per heavy atom. The topological polar surface area (TPSA) is 61.0 Å². The van der Waals surface area contributed by atoms with Crippen LogP contribution < -0.4 is 26.3 Å². The molecule has 0 radical (unpaired) electrons. The molecule has 4 aromatic rings. The molecule has 10 heteroatoms. The fraction of sp³-hybridized carbons (Fsp3) is 0.259. The summed E-state index contributed by atoms with van der Waals surface area (Å²) in [6.07, 6.45) is 0. The van der Waals surface area contributed by atoms with Crippen LogP contribution in [0.4, 0.5) is 10.0 Å². The van der Waals surface area contributed by atoms with Gasteiger partial charge < -0.3 is 29.4 Å². The first-order valence-electron chi connectivity index (χ1n) is 12.4. The van der Waals surface area contributed by atoms with Crippen LogP contribution in [0, 0.1) is 0 Å². The van der Waals surface area contributed by atoms with E-state index in [-0.39, 0.29) is 0 Å². The van der Waals surface area contributed by atoms with E-state index in [2.05, 4.69) is 57.8 Å². The lowest BCUT2D eigenvalue weighted by atomic mass is 9.87. The van der Waals surface area contributed by atoms with Gasteiger partial charge in [-0.15, -0.1) is 22.7 Å². The molecule has 2 aromatic heterocycles. The minimum atomic E-state index is 0.510. The molecule has 192 valence electrons. The smallest absolute Gasteiger partial charge is 0.308 e. The second kappa shape index (κ2) is 16.2. The third-order valence-corrected chi connectivity index (χ3v) is 7.04. The molecule has 0 atom stereocenters. The van der Waals surface area contributed by atoms with E-state index < -0.39 is 0 Å². The maximum Gasteiger partial charge on any atom is 0.308 e. The SMILES string of the molecule is B(OCCNc1cccs1)c1ccc(COCCOc2ccc(BOCCNc3cccs3)cc2)cc1.